The Kier molecular flexibility index (Phi) is 8.79. The van der Waals surface area contributed by atoms with Crippen molar-refractivity contribution in [2.45, 2.75) is 0 Å². The number of benzene rings is 10. The van der Waals surface area contributed by atoms with Crippen molar-refractivity contribution in [2.24, 2.45) is 0 Å². The number of rotatable bonds is 7. The molecule has 0 radical (unpaired) electrons. The first-order valence-corrected chi connectivity index (χ1v) is 21.2. The molecule has 0 aliphatic heterocycles. The van der Waals surface area contributed by atoms with Crippen LogP contribution in [0.3, 0.4) is 0 Å². The average molecular weight is 804 g/mol. The summed E-state index contributed by atoms with van der Waals surface area (Å²) in [5.41, 5.74) is 13.6. The third-order valence-electron chi connectivity index (χ3n) is 12.1. The first-order chi connectivity index (χ1) is 31.2. The van der Waals surface area contributed by atoms with Crippen molar-refractivity contribution in [3.63, 3.8) is 0 Å². The highest BCUT2D eigenvalue weighted by Gasteiger charge is 2.18. The molecule has 12 aromatic rings. The first kappa shape index (κ1) is 36.4. The SMILES string of the molecule is c1ccc(-c2ccc(-c3nc(-c4cccc(-c5ccc6cc(-c7cccc8oc9ccccc9c78)ccc6c5)c4)nc(-c4ccccc4-c4ccc5ccccc5c4)n3)cc2)cc1. The molecule has 12 rings (SSSR count). The van der Waals surface area contributed by atoms with Crippen molar-refractivity contribution in [3.05, 3.63) is 224 Å². The number of aromatic nitrogens is 3. The fourth-order valence-electron chi connectivity index (χ4n) is 8.93. The van der Waals surface area contributed by atoms with Gasteiger partial charge >= 0.3 is 0 Å². The topological polar surface area (TPSA) is 51.8 Å². The highest BCUT2D eigenvalue weighted by Crippen LogP contribution is 2.39. The Hall–Kier alpha value is -8.47. The molecule has 2 heterocycles. The minimum atomic E-state index is 0.615. The quantitative estimate of drug-likeness (QED) is 0.161. The molecule has 0 fully saturated rings. The van der Waals surface area contributed by atoms with Gasteiger partial charge < -0.3 is 4.42 Å². The van der Waals surface area contributed by atoms with Gasteiger partial charge in [0.25, 0.3) is 0 Å². The van der Waals surface area contributed by atoms with E-state index in [0.29, 0.717) is 17.5 Å². The molecule has 10 aromatic carbocycles. The average Bonchev–Trinajstić information content (AvgIpc) is 3.75. The highest BCUT2D eigenvalue weighted by molar-refractivity contribution is 6.13. The molecule has 0 spiro atoms. The molecule has 0 saturated carbocycles. The minimum Gasteiger partial charge on any atom is -0.456 e. The van der Waals surface area contributed by atoms with E-state index in [2.05, 4.69) is 200 Å². The summed E-state index contributed by atoms with van der Waals surface area (Å²) in [5, 5.41) is 7.01. The van der Waals surface area contributed by atoms with Gasteiger partial charge in [0.2, 0.25) is 0 Å². The summed E-state index contributed by atoms with van der Waals surface area (Å²) >= 11 is 0. The summed E-state index contributed by atoms with van der Waals surface area (Å²) < 4.78 is 6.21. The molecule has 2 aromatic heterocycles. The lowest BCUT2D eigenvalue weighted by molar-refractivity contribution is 0.669. The molecule has 0 aliphatic carbocycles. The van der Waals surface area contributed by atoms with Crippen LogP contribution in [0.4, 0.5) is 0 Å². The van der Waals surface area contributed by atoms with E-state index in [0.717, 1.165) is 77.6 Å². The smallest absolute Gasteiger partial charge is 0.164 e. The molecule has 4 nitrogen and oxygen atoms in total. The molecule has 0 saturated heterocycles. The number of furan rings is 1. The van der Waals surface area contributed by atoms with Gasteiger partial charge in [0.15, 0.2) is 17.5 Å². The lowest BCUT2D eigenvalue weighted by atomic mass is 9.95. The van der Waals surface area contributed by atoms with Gasteiger partial charge in [0, 0.05) is 27.5 Å². The summed E-state index contributed by atoms with van der Waals surface area (Å²) in [6, 6.07) is 78.9. The lowest BCUT2D eigenvalue weighted by Crippen LogP contribution is -2.01. The van der Waals surface area contributed by atoms with E-state index < -0.39 is 0 Å². The number of hydrogen-bond donors (Lipinski definition) is 0. The fraction of sp³-hybridized carbons (Fsp3) is 0. The van der Waals surface area contributed by atoms with Gasteiger partial charge in [0.05, 0.1) is 0 Å². The second-order valence-corrected chi connectivity index (χ2v) is 16.0. The second-order valence-electron chi connectivity index (χ2n) is 16.0. The Bertz CT molecular complexity index is 3680. The number of fused-ring (bicyclic) bond motifs is 5. The van der Waals surface area contributed by atoms with Crippen LogP contribution in [0, 0.1) is 0 Å². The van der Waals surface area contributed by atoms with E-state index in [9.17, 15) is 0 Å². The van der Waals surface area contributed by atoms with Crippen LogP contribution < -0.4 is 0 Å². The molecule has 0 aliphatic rings. The van der Waals surface area contributed by atoms with E-state index in [1.165, 1.54) is 27.1 Å². The zero-order chi connectivity index (χ0) is 41.7. The summed E-state index contributed by atoms with van der Waals surface area (Å²) in [4.78, 5) is 15.6. The summed E-state index contributed by atoms with van der Waals surface area (Å²) in [5.74, 6) is 1.86. The van der Waals surface area contributed by atoms with Crippen molar-refractivity contribution >= 4 is 43.5 Å². The molecule has 0 bridgehead atoms. The summed E-state index contributed by atoms with van der Waals surface area (Å²) in [6.07, 6.45) is 0. The first-order valence-electron chi connectivity index (χ1n) is 21.2. The second kappa shape index (κ2) is 15.2. The van der Waals surface area contributed by atoms with Gasteiger partial charge in [-0.05, 0) is 102 Å². The molecule has 0 amide bonds. The lowest BCUT2D eigenvalue weighted by Gasteiger charge is -2.13. The van der Waals surface area contributed by atoms with Gasteiger partial charge in [-0.2, -0.15) is 0 Å². The largest absolute Gasteiger partial charge is 0.456 e. The van der Waals surface area contributed by atoms with Crippen molar-refractivity contribution in [2.75, 3.05) is 0 Å². The zero-order valence-corrected chi connectivity index (χ0v) is 34.1. The molecule has 0 atom stereocenters. The third-order valence-corrected chi connectivity index (χ3v) is 12.1. The van der Waals surface area contributed by atoms with E-state index in [1.807, 2.05) is 24.3 Å². The molecular formula is C59H37N3O. The van der Waals surface area contributed by atoms with E-state index >= 15 is 0 Å². The Morgan fingerprint density at radius 2 is 0.730 bits per heavy atom. The third kappa shape index (κ3) is 6.71. The maximum absolute atomic E-state index is 6.21. The minimum absolute atomic E-state index is 0.615. The van der Waals surface area contributed by atoms with Crippen LogP contribution in [-0.2, 0) is 0 Å². The van der Waals surface area contributed by atoms with E-state index in [4.69, 9.17) is 19.4 Å². The number of hydrogen-bond acceptors (Lipinski definition) is 4. The van der Waals surface area contributed by atoms with E-state index in [1.54, 1.807) is 0 Å². The van der Waals surface area contributed by atoms with Crippen LogP contribution in [0.15, 0.2) is 229 Å². The van der Waals surface area contributed by atoms with Crippen LogP contribution >= 0.6 is 0 Å². The van der Waals surface area contributed by atoms with Crippen LogP contribution in [0.2, 0.25) is 0 Å². The predicted octanol–water partition coefficient (Wildman–Crippen LogP) is 15.7. The van der Waals surface area contributed by atoms with Gasteiger partial charge in [-0.25, -0.2) is 15.0 Å². The highest BCUT2D eigenvalue weighted by atomic mass is 16.3. The number of para-hydroxylation sites is 1. The Morgan fingerprint density at radius 3 is 1.56 bits per heavy atom. The molecule has 4 heteroatoms. The van der Waals surface area contributed by atoms with E-state index in [-0.39, 0.29) is 0 Å². The molecule has 0 N–H and O–H groups in total. The van der Waals surface area contributed by atoms with Crippen molar-refractivity contribution in [1.29, 1.82) is 0 Å². The van der Waals surface area contributed by atoms with Crippen LogP contribution in [0.25, 0.3) is 122 Å². The fourth-order valence-corrected chi connectivity index (χ4v) is 8.93. The van der Waals surface area contributed by atoms with Crippen LogP contribution in [-0.4, -0.2) is 15.0 Å². The van der Waals surface area contributed by atoms with Crippen molar-refractivity contribution < 1.29 is 4.42 Å². The molecule has 63 heavy (non-hydrogen) atoms. The number of nitrogens with zero attached hydrogens (tertiary/aromatic N) is 3. The Morgan fingerprint density at radius 1 is 0.254 bits per heavy atom. The van der Waals surface area contributed by atoms with Gasteiger partial charge in [-0.15, -0.1) is 0 Å². The standard InChI is InChI=1S/C59H37N3O/c1-2-12-38(13-3-1)40-24-27-41(28-25-40)57-60-58(62-59(61-57)52-19-7-6-18-50(52)47-32-26-39-14-4-5-15-42(39)35-47)49-17-10-16-43(37-49)44-29-30-46-36-48(33-31-45(46)34-44)51-21-11-23-55-56(51)53-20-8-9-22-54(53)63-55/h1-37H. The maximum Gasteiger partial charge on any atom is 0.164 e. The Labute approximate surface area is 364 Å². The maximum atomic E-state index is 6.21. The van der Waals surface area contributed by atoms with Crippen molar-refractivity contribution in [3.8, 4) is 78.7 Å². The van der Waals surface area contributed by atoms with Gasteiger partial charge in [-0.3, -0.25) is 0 Å². The predicted molar refractivity (Wildman–Crippen MR) is 260 cm³/mol. The summed E-state index contributed by atoms with van der Waals surface area (Å²) in [7, 11) is 0. The van der Waals surface area contributed by atoms with Crippen molar-refractivity contribution in [1.82, 2.24) is 15.0 Å². The summed E-state index contributed by atoms with van der Waals surface area (Å²) in [6.45, 7) is 0. The Balaban J connectivity index is 0.944. The van der Waals surface area contributed by atoms with Gasteiger partial charge in [0.1, 0.15) is 11.2 Å². The van der Waals surface area contributed by atoms with Crippen LogP contribution in [0.1, 0.15) is 0 Å². The molecule has 0 unspecified atom stereocenters. The van der Waals surface area contributed by atoms with Crippen LogP contribution in [0.5, 0.6) is 0 Å². The zero-order valence-electron chi connectivity index (χ0n) is 34.1. The monoisotopic (exact) mass is 803 g/mol. The molecule has 294 valence electrons. The normalized spacial score (nSPS) is 11.5. The van der Waals surface area contributed by atoms with Gasteiger partial charge in [-0.1, -0.05) is 188 Å². The molecular weight excluding hydrogens is 767 g/mol.